The van der Waals surface area contributed by atoms with Crippen LogP contribution in [0.25, 0.3) is 0 Å². The Hall–Kier alpha value is -1.62. The fourth-order valence-electron chi connectivity index (χ4n) is 2.70. The summed E-state index contributed by atoms with van der Waals surface area (Å²) in [5.41, 5.74) is 0.613. The van der Waals surface area contributed by atoms with Crippen LogP contribution in [-0.2, 0) is 0 Å². The summed E-state index contributed by atoms with van der Waals surface area (Å²) in [5, 5.41) is 6.17. The molecule has 1 unspecified atom stereocenters. The molecule has 1 aromatic heterocycles. The third-order valence-corrected chi connectivity index (χ3v) is 3.74. The Morgan fingerprint density at radius 2 is 2.10 bits per heavy atom. The maximum absolute atomic E-state index is 12.2. The molecule has 2 heterocycles. The summed E-state index contributed by atoms with van der Waals surface area (Å²) < 4.78 is 0. The zero-order valence-corrected chi connectivity index (χ0v) is 13.1. The number of hydrogen-bond donors (Lipinski definition) is 2. The Kier molecular flexibility index (Phi) is 5.99. The molecular weight excluding hydrogens is 264 g/mol. The molecule has 1 aromatic rings. The van der Waals surface area contributed by atoms with Crippen molar-refractivity contribution in [2.24, 2.45) is 0 Å². The van der Waals surface area contributed by atoms with Gasteiger partial charge in [-0.15, -0.1) is 0 Å². The fraction of sp³-hybridized carbons (Fsp3) is 0.625. The molecule has 0 radical (unpaired) electrons. The number of carbonyl (C=O) groups excluding carboxylic acids is 1. The van der Waals surface area contributed by atoms with E-state index in [0.717, 1.165) is 32.0 Å². The van der Waals surface area contributed by atoms with Crippen LogP contribution in [0.2, 0.25) is 0 Å². The number of amides is 1. The zero-order valence-electron chi connectivity index (χ0n) is 13.1. The van der Waals surface area contributed by atoms with Gasteiger partial charge in [0.1, 0.15) is 5.82 Å². The quantitative estimate of drug-likeness (QED) is 0.842. The van der Waals surface area contributed by atoms with E-state index in [2.05, 4.69) is 27.4 Å². The van der Waals surface area contributed by atoms with Gasteiger partial charge in [0, 0.05) is 25.3 Å². The molecule has 116 valence electrons. The van der Waals surface area contributed by atoms with Crippen LogP contribution in [0.5, 0.6) is 0 Å². The zero-order chi connectivity index (χ0) is 15.1. The van der Waals surface area contributed by atoms with Crippen LogP contribution in [0.3, 0.4) is 0 Å². The van der Waals surface area contributed by atoms with Crippen molar-refractivity contribution in [2.45, 2.75) is 39.2 Å². The van der Waals surface area contributed by atoms with Gasteiger partial charge in [0.05, 0.1) is 5.56 Å². The van der Waals surface area contributed by atoms with Crippen molar-refractivity contribution < 1.29 is 4.79 Å². The van der Waals surface area contributed by atoms with Gasteiger partial charge in [-0.05, 0) is 51.9 Å². The molecule has 1 atom stereocenters. The van der Waals surface area contributed by atoms with Crippen LogP contribution in [0.4, 0.5) is 5.82 Å². The Labute approximate surface area is 127 Å². The first kappa shape index (κ1) is 15.8. The van der Waals surface area contributed by atoms with Crippen molar-refractivity contribution >= 4 is 11.7 Å². The van der Waals surface area contributed by atoms with Gasteiger partial charge < -0.3 is 15.5 Å². The number of nitrogens with zero attached hydrogens (tertiary/aromatic N) is 2. The molecule has 0 bridgehead atoms. The molecule has 5 heteroatoms. The Morgan fingerprint density at radius 1 is 1.33 bits per heavy atom. The van der Waals surface area contributed by atoms with Gasteiger partial charge in [-0.2, -0.15) is 0 Å². The van der Waals surface area contributed by atoms with Crippen LogP contribution in [0.1, 0.15) is 43.5 Å². The highest BCUT2D eigenvalue weighted by molar-refractivity contribution is 5.94. The third-order valence-electron chi connectivity index (χ3n) is 3.74. The van der Waals surface area contributed by atoms with E-state index in [0.29, 0.717) is 5.56 Å². The van der Waals surface area contributed by atoms with Crippen LogP contribution in [0.15, 0.2) is 18.3 Å². The van der Waals surface area contributed by atoms with Crippen molar-refractivity contribution in [3.05, 3.63) is 23.9 Å². The molecular formula is C16H26N4O. The molecule has 0 spiro atoms. The number of aromatic nitrogens is 1. The molecule has 2 N–H and O–H groups in total. The van der Waals surface area contributed by atoms with Crippen molar-refractivity contribution in [1.82, 2.24) is 15.2 Å². The van der Waals surface area contributed by atoms with Gasteiger partial charge in [0.2, 0.25) is 0 Å². The molecule has 1 saturated heterocycles. The highest BCUT2D eigenvalue weighted by atomic mass is 16.1. The first-order valence-corrected chi connectivity index (χ1v) is 7.92. The maximum atomic E-state index is 12.2. The smallest absolute Gasteiger partial charge is 0.253 e. The molecule has 1 amide bonds. The normalized spacial score (nSPS) is 17.2. The van der Waals surface area contributed by atoms with Crippen LogP contribution in [-0.4, -0.2) is 48.0 Å². The number of piperidine rings is 1. The lowest BCUT2D eigenvalue weighted by Gasteiger charge is -2.29. The first-order valence-electron chi connectivity index (χ1n) is 7.92. The van der Waals surface area contributed by atoms with E-state index in [-0.39, 0.29) is 11.9 Å². The second-order valence-corrected chi connectivity index (χ2v) is 5.70. The molecule has 0 aromatic carbocycles. The Morgan fingerprint density at radius 3 is 2.71 bits per heavy atom. The van der Waals surface area contributed by atoms with Crippen LogP contribution >= 0.6 is 0 Å². The predicted octanol–water partition coefficient (Wildman–Crippen LogP) is 2.12. The molecule has 1 aliphatic rings. The maximum Gasteiger partial charge on any atom is 0.253 e. The summed E-state index contributed by atoms with van der Waals surface area (Å²) in [6, 6.07) is 3.81. The summed E-state index contributed by atoms with van der Waals surface area (Å²) in [6.07, 6.45) is 5.51. The van der Waals surface area contributed by atoms with E-state index in [1.54, 1.807) is 6.20 Å². The van der Waals surface area contributed by atoms with E-state index >= 15 is 0 Å². The second kappa shape index (κ2) is 7.98. The molecule has 0 saturated carbocycles. The average molecular weight is 290 g/mol. The Balaban J connectivity index is 1.82. The minimum atomic E-state index is -0.0462. The molecule has 2 rings (SSSR count). The topological polar surface area (TPSA) is 57.3 Å². The largest absolute Gasteiger partial charge is 0.370 e. The average Bonchev–Trinajstić information content (AvgIpc) is 2.49. The molecule has 21 heavy (non-hydrogen) atoms. The number of rotatable bonds is 6. The molecule has 1 aliphatic heterocycles. The minimum Gasteiger partial charge on any atom is -0.370 e. The summed E-state index contributed by atoms with van der Waals surface area (Å²) >= 11 is 0. The molecule has 1 fully saturated rings. The van der Waals surface area contributed by atoms with Gasteiger partial charge in [0.15, 0.2) is 0 Å². The standard InChI is InChI=1S/C16H26N4O/c1-3-17-15-8-7-14(11-18-15)16(21)19-13(2)12-20-9-5-4-6-10-20/h7-8,11,13H,3-6,9-10,12H2,1-2H3,(H,17,18)(H,19,21). The third kappa shape index (κ3) is 5.01. The first-order chi connectivity index (χ1) is 10.2. The van der Waals surface area contributed by atoms with Crippen molar-refractivity contribution in [3.63, 3.8) is 0 Å². The predicted molar refractivity (Wildman–Crippen MR) is 85.6 cm³/mol. The van der Waals surface area contributed by atoms with Crippen molar-refractivity contribution in [2.75, 3.05) is 31.5 Å². The summed E-state index contributed by atoms with van der Waals surface area (Å²) in [4.78, 5) is 18.8. The highest BCUT2D eigenvalue weighted by Crippen LogP contribution is 2.09. The van der Waals surface area contributed by atoms with E-state index in [1.807, 2.05) is 19.1 Å². The molecule has 0 aliphatic carbocycles. The second-order valence-electron chi connectivity index (χ2n) is 5.70. The lowest BCUT2D eigenvalue weighted by Crippen LogP contribution is -2.43. The van der Waals surface area contributed by atoms with Crippen molar-refractivity contribution in [1.29, 1.82) is 0 Å². The van der Waals surface area contributed by atoms with Gasteiger partial charge in [0.25, 0.3) is 5.91 Å². The number of carbonyl (C=O) groups is 1. The van der Waals surface area contributed by atoms with E-state index in [1.165, 1.54) is 19.3 Å². The summed E-state index contributed by atoms with van der Waals surface area (Å²) in [7, 11) is 0. The number of anilines is 1. The van der Waals surface area contributed by atoms with E-state index in [9.17, 15) is 4.79 Å². The monoisotopic (exact) mass is 290 g/mol. The highest BCUT2D eigenvalue weighted by Gasteiger charge is 2.15. The Bertz CT molecular complexity index is 440. The lowest BCUT2D eigenvalue weighted by atomic mass is 10.1. The van der Waals surface area contributed by atoms with Crippen molar-refractivity contribution in [3.8, 4) is 0 Å². The SMILES string of the molecule is CCNc1ccc(C(=O)NC(C)CN2CCCCC2)cn1. The minimum absolute atomic E-state index is 0.0462. The molecule has 5 nitrogen and oxygen atoms in total. The van der Waals surface area contributed by atoms with Crippen LogP contribution < -0.4 is 10.6 Å². The number of hydrogen-bond acceptors (Lipinski definition) is 4. The van der Waals surface area contributed by atoms with Gasteiger partial charge in [-0.3, -0.25) is 4.79 Å². The summed E-state index contributed by atoms with van der Waals surface area (Å²) in [5.74, 6) is 0.755. The van der Waals surface area contributed by atoms with Gasteiger partial charge in [-0.25, -0.2) is 4.98 Å². The van der Waals surface area contributed by atoms with Gasteiger partial charge in [-0.1, -0.05) is 6.42 Å². The van der Waals surface area contributed by atoms with Crippen LogP contribution in [0, 0.1) is 0 Å². The van der Waals surface area contributed by atoms with E-state index in [4.69, 9.17) is 0 Å². The number of pyridine rings is 1. The van der Waals surface area contributed by atoms with E-state index < -0.39 is 0 Å². The summed E-state index contributed by atoms with van der Waals surface area (Å²) in [6.45, 7) is 8.13. The van der Waals surface area contributed by atoms with Gasteiger partial charge >= 0.3 is 0 Å². The lowest BCUT2D eigenvalue weighted by molar-refractivity contribution is 0.0925. The number of nitrogens with one attached hydrogen (secondary N) is 2. The fourth-order valence-corrected chi connectivity index (χ4v) is 2.70. The number of likely N-dealkylation sites (tertiary alicyclic amines) is 1.